The van der Waals surface area contributed by atoms with Gasteiger partial charge in [0.25, 0.3) is 0 Å². The van der Waals surface area contributed by atoms with Gasteiger partial charge >= 0.3 is 0 Å². The predicted molar refractivity (Wildman–Crippen MR) is 68.7 cm³/mol. The molecule has 80 valence electrons. The lowest BCUT2D eigenvalue weighted by atomic mass is 10.0. The van der Waals surface area contributed by atoms with E-state index in [0.29, 0.717) is 0 Å². The van der Waals surface area contributed by atoms with Crippen LogP contribution in [0, 0.1) is 5.92 Å². The molecule has 1 aromatic rings. The van der Waals surface area contributed by atoms with Crippen LogP contribution >= 0.6 is 15.9 Å². The molecule has 1 aromatic carbocycles. The molecule has 0 fully saturated rings. The van der Waals surface area contributed by atoms with Gasteiger partial charge in [0.2, 0.25) is 0 Å². The van der Waals surface area contributed by atoms with Crippen LogP contribution in [0.25, 0.3) is 6.08 Å². The molecule has 1 rings (SSSR count). The Kier molecular flexibility index (Phi) is 4.79. The second-order valence-electron chi connectivity index (χ2n) is 3.50. The largest absolute Gasteiger partial charge is 0.388 e. The highest BCUT2D eigenvalue weighted by atomic mass is 79.9. The maximum Gasteiger partial charge on any atom is 0.0794 e. The van der Waals surface area contributed by atoms with Crippen molar-refractivity contribution in [1.29, 1.82) is 0 Å². The predicted octanol–water partition coefficient (Wildman–Crippen LogP) is 3.61. The Morgan fingerprint density at radius 2 is 2.00 bits per heavy atom. The lowest BCUT2D eigenvalue weighted by Crippen LogP contribution is -2.13. The summed E-state index contributed by atoms with van der Waals surface area (Å²) in [6.07, 6.45) is 3.20. The lowest BCUT2D eigenvalue weighted by molar-refractivity contribution is 0.185. The maximum atomic E-state index is 9.77. The molecule has 0 aliphatic heterocycles. The van der Waals surface area contributed by atoms with Gasteiger partial charge in [-0.05, 0) is 10.0 Å². The van der Waals surface area contributed by atoms with Crippen LogP contribution < -0.4 is 0 Å². The van der Waals surface area contributed by atoms with Crippen LogP contribution in [0.4, 0.5) is 0 Å². The van der Waals surface area contributed by atoms with E-state index in [-0.39, 0.29) is 5.92 Å². The van der Waals surface area contributed by atoms with Gasteiger partial charge < -0.3 is 5.11 Å². The molecule has 0 saturated heterocycles. The number of rotatable bonds is 4. The van der Waals surface area contributed by atoms with E-state index < -0.39 is 6.10 Å². The molecule has 0 bridgehead atoms. The Hall–Kier alpha value is -0.860. The van der Waals surface area contributed by atoms with Crippen LogP contribution in [-0.2, 0) is 0 Å². The van der Waals surface area contributed by atoms with Crippen LogP contribution in [0.15, 0.2) is 47.5 Å². The zero-order valence-electron chi connectivity index (χ0n) is 8.73. The standard InChI is InChI=1S/C13H15BrO/c1-10(11(2)14)13(15)9-8-12-6-4-3-5-7-12/h3-10,13,15H,2H2,1H3/b9-8+/t10-,13-/m1/s1. The fourth-order valence-corrected chi connectivity index (χ4v) is 1.40. The normalized spacial score (nSPS) is 15.1. The van der Waals surface area contributed by atoms with Crippen LogP contribution in [0.3, 0.4) is 0 Å². The first kappa shape index (κ1) is 12.2. The Morgan fingerprint density at radius 1 is 1.40 bits per heavy atom. The topological polar surface area (TPSA) is 20.2 Å². The van der Waals surface area contributed by atoms with Crippen molar-refractivity contribution < 1.29 is 5.11 Å². The summed E-state index contributed by atoms with van der Waals surface area (Å²) < 4.78 is 0.813. The molecular formula is C13H15BrO. The van der Waals surface area contributed by atoms with Crippen LogP contribution in [-0.4, -0.2) is 11.2 Å². The minimum Gasteiger partial charge on any atom is -0.388 e. The second-order valence-corrected chi connectivity index (χ2v) is 4.51. The van der Waals surface area contributed by atoms with E-state index in [1.807, 2.05) is 43.3 Å². The van der Waals surface area contributed by atoms with E-state index in [1.54, 1.807) is 6.08 Å². The van der Waals surface area contributed by atoms with Crippen molar-refractivity contribution in [2.75, 3.05) is 0 Å². The molecule has 0 radical (unpaired) electrons. The molecule has 0 aliphatic carbocycles. The zero-order valence-corrected chi connectivity index (χ0v) is 10.3. The van der Waals surface area contributed by atoms with E-state index in [2.05, 4.69) is 22.5 Å². The van der Waals surface area contributed by atoms with E-state index >= 15 is 0 Å². The van der Waals surface area contributed by atoms with E-state index in [0.717, 1.165) is 10.0 Å². The molecule has 1 N–H and O–H groups in total. The van der Waals surface area contributed by atoms with Crippen molar-refractivity contribution in [2.24, 2.45) is 5.92 Å². The molecule has 0 spiro atoms. The Labute approximate surface area is 99.3 Å². The zero-order chi connectivity index (χ0) is 11.3. The molecule has 2 atom stereocenters. The number of hydrogen-bond donors (Lipinski definition) is 1. The average molecular weight is 267 g/mol. The van der Waals surface area contributed by atoms with Crippen molar-refractivity contribution in [3.05, 3.63) is 53.0 Å². The molecule has 0 aliphatic rings. The van der Waals surface area contributed by atoms with Crippen molar-refractivity contribution in [2.45, 2.75) is 13.0 Å². The summed E-state index contributed by atoms with van der Waals surface area (Å²) in [5.74, 6) is 0.0185. The Bertz CT molecular complexity index is 343. The van der Waals surface area contributed by atoms with Gasteiger partial charge in [-0.2, -0.15) is 0 Å². The van der Waals surface area contributed by atoms with Crippen molar-refractivity contribution in [1.82, 2.24) is 0 Å². The van der Waals surface area contributed by atoms with Crippen molar-refractivity contribution >= 4 is 22.0 Å². The van der Waals surface area contributed by atoms with Crippen LogP contribution in [0.2, 0.25) is 0 Å². The fraction of sp³-hybridized carbons (Fsp3) is 0.231. The third-order valence-electron chi connectivity index (χ3n) is 2.29. The third-order valence-corrected chi connectivity index (χ3v) is 3.01. The van der Waals surface area contributed by atoms with E-state index in [4.69, 9.17) is 0 Å². The minimum absolute atomic E-state index is 0.0185. The van der Waals surface area contributed by atoms with Gasteiger partial charge in [-0.25, -0.2) is 0 Å². The van der Waals surface area contributed by atoms with Gasteiger partial charge in [0.15, 0.2) is 0 Å². The average Bonchev–Trinajstić information content (AvgIpc) is 2.26. The second kappa shape index (κ2) is 5.89. The number of aliphatic hydroxyl groups is 1. The Balaban J connectivity index is 2.62. The highest BCUT2D eigenvalue weighted by Crippen LogP contribution is 2.19. The van der Waals surface area contributed by atoms with Crippen molar-refractivity contribution in [3.8, 4) is 0 Å². The molecule has 0 amide bonds. The number of benzene rings is 1. The van der Waals surface area contributed by atoms with Crippen LogP contribution in [0.1, 0.15) is 12.5 Å². The number of aliphatic hydroxyl groups excluding tert-OH is 1. The summed E-state index contributed by atoms with van der Waals surface area (Å²) in [7, 11) is 0. The van der Waals surface area contributed by atoms with Gasteiger partial charge in [-0.15, -0.1) is 0 Å². The smallest absolute Gasteiger partial charge is 0.0794 e. The van der Waals surface area contributed by atoms with Crippen LogP contribution in [0.5, 0.6) is 0 Å². The first-order valence-corrected chi connectivity index (χ1v) is 5.66. The third kappa shape index (κ3) is 4.02. The molecule has 0 saturated carbocycles. The molecular weight excluding hydrogens is 252 g/mol. The highest BCUT2D eigenvalue weighted by molar-refractivity contribution is 9.11. The van der Waals surface area contributed by atoms with E-state index in [1.165, 1.54) is 0 Å². The molecule has 0 unspecified atom stereocenters. The van der Waals surface area contributed by atoms with Gasteiger partial charge in [0, 0.05) is 5.92 Å². The molecule has 0 aromatic heterocycles. The summed E-state index contributed by atoms with van der Waals surface area (Å²) in [6.45, 7) is 5.68. The molecule has 2 heteroatoms. The maximum absolute atomic E-state index is 9.77. The number of halogens is 1. The van der Waals surface area contributed by atoms with Gasteiger partial charge in [0.1, 0.15) is 0 Å². The summed E-state index contributed by atoms with van der Waals surface area (Å²) in [5.41, 5.74) is 1.09. The molecule has 15 heavy (non-hydrogen) atoms. The number of hydrogen-bond acceptors (Lipinski definition) is 1. The fourth-order valence-electron chi connectivity index (χ4n) is 1.13. The van der Waals surface area contributed by atoms with Gasteiger partial charge in [-0.3, -0.25) is 0 Å². The first-order chi connectivity index (χ1) is 7.11. The summed E-state index contributed by atoms with van der Waals surface area (Å²) >= 11 is 3.28. The monoisotopic (exact) mass is 266 g/mol. The summed E-state index contributed by atoms with van der Waals surface area (Å²) in [4.78, 5) is 0. The summed E-state index contributed by atoms with van der Waals surface area (Å²) in [6, 6.07) is 9.90. The first-order valence-electron chi connectivity index (χ1n) is 4.87. The quantitative estimate of drug-likeness (QED) is 0.883. The minimum atomic E-state index is -0.503. The van der Waals surface area contributed by atoms with Gasteiger partial charge in [0.05, 0.1) is 6.10 Å². The Morgan fingerprint density at radius 3 is 2.53 bits per heavy atom. The summed E-state index contributed by atoms with van der Waals surface area (Å²) in [5, 5.41) is 9.77. The SMILES string of the molecule is C=C(Br)[C@@H](C)[C@H](O)/C=C/c1ccccc1. The lowest BCUT2D eigenvalue weighted by Gasteiger charge is -2.13. The van der Waals surface area contributed by atoms with E-state index in [9.17, 15) is 5.11 Å². The highest BCUT2D eigenvalue weighted by Gasteiger charge is 2.11. The molecule has 1 nitrogen and oxygen atoms in total. The van der Waals surface area contributed by atoms with Gasteiger partial charge in [-0.1, -0.05) is 71.9 Å². The molecule has 0 heterocycles. The van der Waals surface area contributed by atoms with Crippen molar-refractivity contribution in [3.63, 3.8) is 0 Å².